The Morgan fingerprint density at radius 2 is 1.47 bits per heavy atom. The molecule has 0 aromatic heterocycles. The first-order valence-electron chi connectivity index (χ1n) is 6.59. The zero-order valence-corrected chi connectivity index (χ0v) is 11.3. The lowest BCUT2D eigenvalue weighted by Gasteiger charge is -2.33. The summed E-state index contributed by atoms with van der Waals surface area (Å²) in [5, 5.41) is 7.15. The fourth-order valence-electron chi connectivity index (χ4n) is 1.98. The maximum atomic E-state index is 3.75. The van der Waals surface area contributed by atoms with Crippen LogP contribution in [0, 0.1) is 5.92 Å². The summed E-state index contributed by atoms with van der Waals surface area (Å²) >= 11 is 0. The van der Waals surface area contributed by atoms with Crippen molar-refractivity contribution in [3.05, 3.63) is 0 Å². The summed E-state index contributed by atoms with van der Waals surface area (Å²) < 4.78 is 0. The number of nitrogens with one attached hydrogen (secondary N) is 2. The van der Waals surface area contributed by atoms with Gasteiger partial charge in [0.15, 0.2) is 0 Å². The van der Waals surface area contributed by atoms with Crippen molar-refractivity contribution in [2.45, 2.75) is 59.4 Å². The Morgan fingerprint density at radius 3 is 1.87 bits per heavy atom. The van der Waals surface area contributed by atoms with Crippen LogP contribution in [-0.4, -0.2) is 25.2 Å². The van der Waals surface area contributed by atoms with Crippen molar-refractivity contribution in [3.63, 3.8) is 0 Å². The molecule has 0 aromatic carbocycles. The van der Waals surface area contributed by atoms with Crippen molar-refractivity contribution in [1.29, 1.82) is 0 Å². The van der Waals surface area contributed by atoms with Gasteiger partial charge in [0, 0.05) is 5.54 Å². The molecule has 1 unspecified atom stereocenters. The lowest BCUT2D eigenvalue weighted by atomic mass is 9.89. The smallest absolute Gasteiger partial charge is 0.0173 e. The van der Waals surface area contributed by atoms with Gasteiger partial charge in [-0.25, -0.2) is 0 Å². The minimum absolute atomic E-state index is 0.375. The Morgan fingerprint density at radius 1 is 0.933 bits per heavy atom. The number of hydrogen-bond acceptors (Lipinski definition) is 2. The van der Waals surface area contributed by atoms with E-state index in [0.717, 1.165) is 19.6 Å². The highest BCUT2D eigenvalue weighted by molar-refractivity contribution is 4.84. The predicted molar refractivity (Wildman–Crippen MR) is 69.3 cm³/mol. The van der Waals surface area contributed by atoms with Gasteiger partial charge >= 0.3 is 0 Å². The molecule has 0 rings (SSSR count). The molecule has 0 fully saturated rings. The normalized spacial score (nSPS) is 14.2. The molecule has 0 bridgehead atoms. The molecule has 0 saturated heterocycles. The summed E-state index contributed by atoms with van der Waals surface area (Å²) in [5.41, 5.74) is 0.375. The van der Waals surface area contributed by atoms with Crippen LogP contribution in [0.4, 0.5) is 0 Å². The van der Waals surface area contributed by atoms with Gasteiger partial charge in [0.25, 0.3) is 0 Å². The molecule has 0 heterocycles. The van der Waals surface area contributed by atoms with Gasteiger partial charge in [0.2, 0.25) is 0 Å². The molecule has 15 heavy (non-hydrogen) atoms. The first kappa shape index (κ1) is 14.9. The highest BCUT2D eigenvalue weighted by atomic mass is 15.0. The van der Waals surface area contributed by atoms with Crippen molar-refractivity contribution in [2.75, 3.05) is 19.6 Å². The highest BCUT2D eigenvalue weighted by Gasteiger charge is 2.23. The third-order valence-corrected chi connectivity index (χ3v) is 3.60. The lowest BCUT2D eigenvalue weighted by Crippen LogP contribution is -2.46. The summed E-state index contributed by atoms with van der Waals surface area (Å²) in [5.74, 6) is 0.717. The summed E-state index contributed by atoms with van der Waals surface area (Å²) in [7, 11) is 0. The summed E-state index contributed by atoms with van der Waals surface area (Å²) in [6.07, 6.45) is 3.69. The van der Waals surface area contributed by atoms with E-state index in [2.05, 4.69) is 45.3 Å². The van der Waals surface area contributed by atoms with Crippen LogP contribution in [0.1, 0.15) is 53.9 Å². The minimum Gasteiger partial charge on any atom is -0.317 e. The second kappa shape index (κ2) is 8.12. The van der Waals surface area contributed by atoms with Crippen molar-refractivity contribution in [3.8, 4) is 0 Å². The van der Waals surface area contributed by atoms with Crippen LogP contribution in [-0.2, 0) is 0 Å². The van der Waals surface area contributed by atoms with Gasteiger partial charge in [-0.3, -0.25) is 0 Å². The van der Waals surface area contributed by atoms with E-state index in [4.69, 9.17) is 0 Å². The van der Waals surface area contributed by atoms with Crippen LogP contribution in [0.3, 0.4) is 0 Å². The molecule has 1 atom stereocenters. The van der Waals surface area contributed by atoms with E-state index in [0.29, 0.717) is 11.5 Å². The van der Waals surface area contributed by atoms with Crippen LogP contribution in [0.15, 0.2) is 0 Å². The van der Waals surface area contributed by atoms with Crippen LogP contribution >= 0.6 is 0 Å². The van der Waals surface area contributed by atoms with Crippen molar-refractivity contribution >= 4 is 0 Å². The van der Waals surface area contributed by atoms with Crippen LogP contribution in [0.5, 0.6) is 0 Å². The monoisotopic (exact) mass is 214 g/mol. The second-order valence-corrected chi connectivity index (χ2v) is 4.63. The van der Waals surface area contributed by atoms with E-state index in [9.17, 15) is 0 Å². The van der Waals surface area contributed by atoms with Crippen LogP contribution in [0.25, 0.3) is 0 Å². The molecule has 2 nitrogen and oxygen atoms in total. The molecule has 0 aliphatic rings. The molecular weight excluding hydrogens is 184 g/mol. The lowest BCUT2D eigenvalue weighted by molar-refractivity contribution is 0.272. The van der Waals surface area contributed by atoms with Crippen LogP contribution < -0.4 is 10.6 Å². The summed E-state index contributed by atoms with van der Waals surface area (Å²) in [6.45, 7) is 14.7. The average molecular weight is 214 g/mol. The number of rotatable bonds is 9. The van der Waals surface area contributed by atoms with Gasteiger partial charge in [0.05, 0.1) is 0 Å². The molecule has 0 aliphatic carbocycles. The van der Waals surface area contributed by atoms with Crippen LogP contribution in [0.2, 0.25) is 0 Å². The Labute approximate surface area is 96.2 Å². The van der Waals surface area contributed by atoms with E-state index >= 15 is 0 Å². The fourth-order valence-corrected chi connectivity index (χ4v) is 1.98. The maximum absolute atomic E-state index is 3.75. The van der Waals surface area contributed by atoms with Gasteiger partial charge in [0.1, 0.15) is 0 Å². The zero-order chi connectivity index (χ0) is 11.7. The van der Waals surface area contributed by atoms with Crippen molar-refractivity contribution < 1.29 is 0 Å². The third-order valence-electron chi connectivity index (χ3n) is 3.60. The molecule has 92 valence electrons. The van der Waals surface area contributed by atoms with E-state index in [1.165, 1.54) is 19.3 Å². The maximum Gasteiger partial charge on any atom is 0.0173 e. The standard InChI is InChI=1S/C13H30N2/c1-6-13(7-2,8-3)15-11-12(5)10-14-9-4/h12,14-15H,6-11H2,1-5H3. The molecule has 0 radical (unpaired) electrons. The molecule has 2 N–H and O–H groups in total. The summed E-state index contributed by atoms with van der Waals surface area (Å²) in [4.78, 5) is 0. The van der Waals surface area contributed by atoms with E-state index < -0.39 is 0 Å². The topological polar surface area (TPSA) is 24.1 Å². The number of hydrogen-bond donors (Lipinski definition) is 2. The Bertz CT molecular complexity index is 133. The van der Waals surface area contributed by atoms with E-state index in [1.807, 2.05) is 0 Å². The largest absolute Gasteiger partial charge is 0.317 e. The quantitative estimate of drug-likeness (QED) is 0.617. The Kier molecular flexibility index (Phi) is 8.07. The Balaban J connectivity index is 3.88. The van der Waals surface area contributed by atoms with E-state index in [-0.39, 0.29) is 0 Å². The summed E-state index contributed by atoms with van der Waals surface area (Å²) in [6, 6.07) is 0. The minimum atomic E-state index is 0.375. The van der Waals surface area contributed by atoms with Gasteiger partial charge in [-0.15, -0.1) is 0 Å². The van der Waals surface area contributed by atoms with Gasteiger partial charge < -0.3 is 10.6 Å². The molecule has 2 heteroatoms. The van der Waals surface area contributed by atoms with Gasteiger partial charge in [-0.2, -0.15) is 0 Å². The fraction of sp³-hybridized carbons (Fsp3) is 1.00. The zero-order valence-electron chi connectivity index (χ0n) is 11.3. The Hall–Kier alpha value is -0.0800. The average Bonchev–Trinajstić information content (AvgIpc) is 2.29. The SMILES string of the molecule is CCNCC(C)CNC(CC)(CC)CC. The highest BCUT2D eigenvalue weighted by Crippen LogP contribution is 2.19. The van der Waals surface area contributed by atoms with Gasteiger partial charge in [-0.05, 0) is 44.8 Å². The van der Waals surface area contributed by atoms with Crippen molar-refractivity contribution in [1.82, 2.24) is 10.6 Å². The molecule has 0 aliphatic heterocycles. The second-order valence-electron chi connectivity index (χ2n) is 4.63. The van der Waals surface area contributed by atoms with Crippen molar-refractivity contribution in [2.24, 2.45) is 5.92 Å². The van der Waals surface area contributed by atoms with E-state index in [1.54, 1.807) is 0 Å². The first-order valence-corrected chi connectivity index (χ1v) is 6.59. The first-order chi connectivity index (χ1) is 7.14. The molecular formula is C13H30N2. The molecule has 0 spiro atoms. The molecule has 0 saturated carbocycles. The third kappa shape index (κ3) is 5.53. The molecule has 0 amide bonds. The molecule has 0 aromatic rings. The van der Waals surface area contributed by atoms with Gasteiger partial charge in [-0.1, -0.05) is 34.6 Å². The predicted octanol–water partition coefficient (Wildman–Crippen LogP) is 2.79.